The van der Waals surface area contributed by atoms with Gasteiger partial charge in [-0.25, -0.2) is 4.98 Å². The number of rotatable bonds is 5. The second-order valence-electron chi connectivity index (χ2n) is 2.88. The van der Waals surface area contributed by atoms with E-state index in [-0.39, 0.29) is 0 Å². The average Bonchev–Trinajstić information content (AvgIpc) is 2.61. The van der Waals surface area contributed by atoms with Gasteiger partial charge in [0.25, 0.3) is 0 Å². The number of hydrogen-bond donors (Lipinski definition) is 1. The summed E-state index contributed by atoms with van der Waals surface area (Å²) in [6.45, 7) is 7.67. The van der Waals surface area contributed by atoms with Crippen molar-refractivity contribution >= 4 is 5.95 Å². The lowest BCUT2D eigenvalue weighted by molar-refractivity contribution is 0.701. The van der Waals surface area contributed by atoms with E-state index < -0.39 is 0 Å². The van der Waals surface area contributed by atoms with Crippen molar-refractivity contribution in [2.24, 2.45) is 5.73 Å². The minimum Gasteiger partial charge on any atom is -0.341 e. The van der Waals surface area contributed by atoms with E-state index in [0.717, 1.165) is 25.6 Å². The van der Waals surface area contributed by atoms with Gasteiger partial charge in [-0.05, 0) is 13.8 Å². The minimum absolute atomic E-state index is 0.671. The zero-order chi connectivity index (χ0) is 9.68. The van der Waals surface area contributed by atoms with Gasteiger partial charge in [0.1, 0.15) is 0 Å². The highest BCUT2D eigenvalue weighted by molar-refractivity contribution is 5.30. The summed E-state index contributed by atoms with van der Waals surface area (Å²) in [5, 5.41) is 0. The van der Waals surface area contributed by atoms with Crippen LogP contribution >= 0.6 is 0 Å². The van der Waals surface area contributed by atoms with E-state index in [1.165, 1.54) is 0 Å². The molecule has 0 aliphatic rings. The molecule has 4 nitrogen and oxygen atoms in total. The molecule has 1 rings (SSSR count). The Morgan fingerprint density at radius 1 is 1.54 bits per heavy atom. The molecule has 4 heteroatoms. The normalized spacial score (nSPS) is 10.4. The van der Waals surface area contributed by atoms with Crippen LogP contribution in [0.25, 0.3) is 0 Å². The number of anilines is 1. The summed E-state index contributed by atoms with van der Waals surface area (Å²) in [7, 11) is 0. The molecule has 1 aromatic heterocycles. The standard InChI is InChI=1S/C9H18N4/c1-3-12(7-5-10)9-11-6-8-13(9)4-2/h6,8H,3-5,7,10H2,1-2H3. The van der Waals surface area contributed by atoms with Crippen molar-refractivity contribution in [2.75, 3.05) is 24.5 Å². The van der Waals surface area contributed by atoms with Gasteiger partial charge in [-0.3, -0.25) is 0 Å². The molecule has 74 valence electrons. The lowest BCUT2D eigenvalue weighted by Crippen LogP contribution is -2.31. The van der Waals surface area contributed by atoms with E-state index in [1.807, 2.05) is 12.4 Å². The molecule has 0 amide bonds. The van der Waals surface area contributed by atoms with E-state index >= 15 is 0 Å². The second kappa shape index (κ2) is 4.87. The first-order valence-corrected chi connectivity index (χ1v) is 4.79. The average molecular weight is 182 g/mol. The van der Waals surface area contributed by atoms with Crippen LogP contribution in [0, 0.1) is 0 Å². The van der Waals surface area contributed by atoms with Gasteiger partial charge in [0.05, 0.1) is 0 Å². The Morgan fingerprint density at radius 3 is 2.85 bits per heavy atom. The molecule has 0 aromatic carbocycles. The summed E-state index contributed by atoms with van der Waals surface area (Å²) in [6.07, 6.45) is 3.83. The van der Waals surface area contributed by atoms with Crippen LogP contribution in [0.1, 0.15) is 13.8 Å². The van der Waals surface area contributed by atoms with Crippen molar-refractivity contribution in [3.8, 4) is 0 Å². The summed E-state index contributed by atoms with van der Waals surface area (Å²) in [5.41, 5.74) is 5.52. The van der Waals surface area contributed by atoms with Crippen LogP contribution in [0.15, 0.2) is 12.4 Å². The Morgan fingerprint density at radius 2 is 2.31 bits per heavy atom. The van der Waals surface area contributed by atoms with Crippen molar-refractivity contribution < 1.29 is 0 Å². The molecule has 0 saturated heterocycles. The summed E-state index contributed by atoms with van der Waals surface area (Å²) < 4.78 is 2.12. The van der Waals surface area contributed by atoms with Gasteiger partial charge in [0, 0.05) is 38.6 Å². The van der Waals surface area contributed by atoms with Crippen LogP contribution in [0.5, 0.6) is 0 Å². The molecule has 0 atom stereocenters. The molecular formula is C9H18N4. The molecule has 1 aromatic rings. The van der Waals surface area contributed by atoms with Gasteiger partial charge >= 0.3 is 0 Å². The van der Waals surface area contributed by atoms with Crippen LogP contribution < -0.4 is 10.6 Å². The Hall–Kier alpha value is -1.03. The van der Waals surface area contributed by atoms with Crippen molar-refractivity contribution in [1.82, 2.24) is 9.55 Å². The molecule has 0 radical (unpaired) electrons. The fourth-order valence-electron chi connectivity index (χ4n) is 1.39. The summed E-state index contributed by atoms with van der Waals surface area (Å²) in [6, 6.07) is 0. The van der Waals surface area contributed by atoms with E-state index in [2.05, 4.69) is 28.3 Å². The number of likely N-dealkylation sites (N-methyl/N-ethyl adjacent to an activating group) is 1. The maximum Gasteiger partial charge on any atom is 0.205 e. The van der Waals surface area contributed by atoms with Crippen molar-refractivity contribution in [3.05, 3.63) is 12.4 Å². The number of imidazole rings is 1. The predicted molar refractivity (Wildman–Crippen MR) is 54.8 cm³/mol. The zero-order valence-corrected chi connectivity index (χ0v) is 8.40. The van der Waals surface area contributed by atoms with E-state index in [9.17, 15) is 0 Å². The fourth-order valence-corrected chi connectivity index (χ4v) is 1.39. The first kappa shape index (κ1) is 10.1. The molecular weight excluding hydrogens is 164 g/mol. The number of aryl methyl sites for hydroxylation is 1. The zero-order valence-electron chi connectivity index (χ0n) is 8.40. The van der Waals surface area contributed by atoms with E-state index in [1.54, 1.807) is 0 Å². The van der Waals surface area contributed by atoms with Crippen LogP contribution in [0.3, 0.4) is 0 Å². The lowest BCUT2D eigenvalue weighted by atomic mass is 10.5. The van der Waals surface area contributed by atoms with Crippen molar-refractivity contribution in [2.45, 2.75) is 20.4 Å². The van der Waals surface area contributed by atoms with E-state index in [4.69, 9.17) is 5.73 Å². The topological polar surface area (TPSA) is 47.1 Å². The predicted octanol–water partition coefficient (Wildman–Crippen LogP) is 0.688. The monoisotopic (exact) mass is 182 g/mol. The molecule has 0 bridgehead atoms. The van der Waals surface area contributed by atoms with Crippen LogP contribution in [-0.4, -0.2) is 29.2 Å². The maximum atomic E-state index is 5.52. The smallest absolute Gasteiger partial charge is 0.205 e. The molecule has 0 aliphatic heterocycles. The molecule has 1 heterocycles. The van der Waals surface area contributed by atoms with Crippen molar-refractivity contribution in [1.29, 1.82) is 0 Å². The van der Waals surface area contributed by atoms with Gasteiger partial charge in [-0.1, -0.05) is 0 Å². The number of nitrogens with zero attached hydrogens (tertiary/aromatic N) is 3. The van der Waals surface area contributed by atoms with Crippen LogP contribution in [0.2, 0.25) is 0 Å². The molecule has 0 aliphatic carbocycles. The Labute approximate surface area is 79.4 Å². The Bertz CT molecular complexity index is 244. The maximum absolute atomic E-state index is 5.52. The Kier molecular flexibility index (Phi) is 3.76. The second-order valence-corrected chi connectivity index (χ2v) is 2.88. The minimum atomic E-state index is 0.671. The molecule has 0 spiro atoms. The van der Waals surface area contributed by atoms with Gasteiger partial charge < -0.3 is 15.2 Å². The third kappa shape index (κ3) is 2.21. The number of nitrogens with two attached hydrogens (primary N) is 1. The summed E-state index contributed by atoms with van der Waals surface area (Å²) in [4.78, 5) is 6.49. The summed E-state index contributed by atoms with van der Waals surface area (Å²) in [5.74, 6) is 1.02. The molecule has 2 N–H and O–H groups in total. The largest absolute Gasteiger partial charge is 0.341 e. The third-order valence-electron chi connectivity index (χ3n) is 2.10. The number of hydrogen-bond acceptors (Lipinski definition) is 3. The van der Waals surface area contributed by atoms with Gasteiger partial charge in [0.15, 0.2) is 0 Å². The van der Waals surface area contributed by atoms with Gasteiger partial charge in [0.2, 0.25) is 5.95 Å². The van der Waals surface area contributed by atoms with Crippen molar-refractivity contribution in [3.63, 3.8) is 0 Å². The molecule has 0 fully saturated rings. The van der Waals surface area contributed by atoms with Crippen LogP contribution in [0.4, 0.5) is 5.95 Å². The molecule has 0 saturated carbocycles. The summed E-state index contributed by atoms with van der Waals surface area (Å²) >= 11 is 0. The highest BCUT2D eigenvalue weighted by Crippen LogP contribution is 2.09. The molecule has 13 heavy (non-hydrogen) atoms. The van der Waals surface area contributed by atoms with Gasteiger partial charge in [-0.2, -0.15) is 0 Å². The van der Waals surface area contributed by atoms with E-state index in [0.29, 0.717) is 6.54 Å². The van der Waals surface area contributed by atoms with Gasteiger partial charge in [-0.15, -0.1) is 0 Å². The quantitative estimate of drug-likeness (QED) is 0.728. The first-order valence-electron chi connectivity index (χ1n) is 4.79. The third-order valence-corrected chi connectivity index (χ3v) is 2.10. The Balaban J connectivity index is 2.77. The molecule has 0 unspecified atom stereocenters. The highest BCUT2D eigenvalue weighted by atomic mass is 15.3. The lowest BCUT2D eigenvalue weighted by Gasteiger charge is -2.21. The number of aromatic nitrogens is 2. The SMILES string of the molecule is CCN(CCN)c1nccn1CC. The van der Waals surface area contributed by atoms with Crippen LogP contribution in [-0.2, 0) is 6.54 Å². The highest BCUT2D eigenvalue weighted by Gasteiger charge is 2.08. The fraction of sp³-hybridized carbons (Fsp3) is 0.667. The first-order chi connectivity index (χ1) is 6.33.